The van der Waals surface area contributed by atoms with Crippen molar-refractivity contribution in [3.05, 3.63) is 28.9 Å². The van der Waals surface area contributed by atoms with Gasteiger partial charge in [-0.05, 0) is 18.6 Å². The maximum atomic E-state index is 6.01. The Morgan fingerprint density at radius 2 is 2.17 bits per heavy atom. The first-order valence-electron chi connectivity index (χ1n) is 3.77. The lowest BCUT2D eigenvalue weighted by Crippen LogP contribution is -1.89. The number of aromatic nitrogens is 2. The van der Waals surface area contributed by atoms with E-state index in [2.05, 4.69) is 12.0 Å². The SMILES string of the molecule is Cc1ccc(Cl)c2c1cnn2C. The van der Waals surface area contributed by atoms with Crippen molar-refractivity contribution in [2.24, 2.45) is 7.05 Å². The van der Waals surface area contributed by atoms with Gasteiger partial charge in [0, 0.05) is 12.4 Å². The quantitative estimate of drug-likeness (QED) is 0.609. The summed E-state index contributed by atoms with van der Waals surface area (Å²) in [6, 6.07) is 3.91. The minimum atomic E-state index is 0.760. The summed E-state index contributed by atoms with van der Waals surface area (Å²) in [6.45, 7) is 2.06. The van der Waals surface area contributed by atoms with E-state index in [0.29, 0.717) is 0 Å². The minimum absolute atomic E-state index is 0.760. The summed E-state index contributed by atoms with van der Waals surface area (Å²) in [5.41, 5.74) is 2.22. The van der Waals surface area contributed by atoms with E-state index in [9.17, 15) is 0 Å². The van der Waals surface area contributed by atoms with Crippen LogP contribution in [0.3, 0.4) is 0 Å². The third-order valence-corrected chi connectivity index (χ3v) is 2.37. The maximum absolute atomic E-state index is 6.01. The molecule has 0 aliphatic heterocycles. The largest absolute Gasteiger partial charge is 0.266 e. The molecule has 1 heterocycles. The Kier molecular flexibility index (Phi) is 1.58. The summed E-state index contributed by atoms with van der Waals surface area (Å²) in [5.74, 6) is 0. The molecule has 12 heavy (non-hydrogen) atoms. The second-order valence-corrected chi connectivity index (χ2v) is 3.30. The minimum Gasteiger partial charge on any atom is -0.266 e. The second kappa shape index (κ2) is 2.49. The summed E-state index contributed by atoms with van der Waals surface area (Å²) in [5, 5.41) is 6.04. The van der Waals surface area contributed by atoms with Gasteiger partial charge in [-0.25, -0.2) is 0 Å². The van der Waals surface area contributed by atoms with E-state index in [1.807, 2.05) is 25.4 Å². The molecule has 0 radical (unpaired) electrons. The zero-order valence-electron chi connectivity index (χ0n) is 7.00. The van der Waals surface area contributed by atoms with Crippen molar-refractivity contribution < 1.29 is 0 Å². The molecule has 0 aliphatic rings. The Labute approximate surface area is 75.8 Å². The molecule has 0 fully saturated rings. The highest BCUT2D eigenvalue weighted by Gasteiger charge is 2.05. The zero-order valence-corrected chi connectivity index (χ0v) is 7.76. The molecule has 0 spiro atoms. The molecule has 62 valence electrons. The van der Waals surface area contributed by atoms with Crippen LogP contribution in [-0.4, -0.2) is 9.78 Å². The van der Waals surface area contributed by atoms with Gasteiger partial charge in [-0.3, -0.25) is 4.68 Å². The Bertz CT molecular complexity index is 431. The molecule has 2 nitrogen and oxygen atoms in total. The molecule has 2 rings (SSSR count). The fourth-order valence-corrected chi connectivity index (χ4v) is 1.66. The van der Waals surface area contributed by atoms with Gasteiger partial charge in [0.15, 0.2) is 0 Å². The Morgan fingerprint density at radius 3 is 2.83 bits per heavy atom. The number of rotatable bonds is 0. The van der Waals surface area contributed by atoms with Gasteiger partial charge >= 0.3 is 0 Å². The van der Waals surface area contributed by atoms with Gasteiger partial charge in [-0.15, -0.1) is 0 Å². The fourth-order valence-electron chi connectivity index (χ4n) is 1.38. The second-order valence-electron chi connectivity index (χ2n) is 2.89. The highest BCUT2D eigenvalue weighted by Crippen LogP contribution is 2.24. The molecule has 0 aliphatic carbocycles. The molecule has 0 saturated heterocycles. The van der Waals surface area contributed by atoms with Crippen molar-refractivity contribution in [3.63, 3.8) is 0 Å². The van der Waals surface area contributed by atoms with Gasteiger partial charge in [-0.1, -0.05) is 17.7 Å². The molecule has 3 heteroatoms. The lowest BCUT2D eigenvalue weighted by molar-refractivity contribution is 0.797. The molecule has 1 aromatic carbocycles. The molecule has 0 N–H and O–H groups in total. The zero-order chi connectivity index (χ0) is 8.72. The summed E-state index contributed by atoms with van der Waals surface area (Å²) in [6.07, 6.45) is 1.84. The van der Waals surface area contributed by atoms with Crippen LogP contribution in [0.4, 0.5) is 0 Å². The van der Waals surface area contributed by atoms with E-state index >= 15 is 0 Å². The van der Waals surface area contributed by atoms with Gasteiger partial charge in [-0.2, -0.15) is 5.10 Å². The first-order valence-corrected chi connectivity index (χ1v) is 4.15. The van der Waals surface area contributed by atoms with E-state index < -0.39 is 0 Å². The van der Waals surface area contributed by atoms with E-state index in [1.54, 1.807) is 4.68 Å². The lowest BCUT2D eigenvalue weighted by atomic mass is 10.1. The van der Waals surface area contributed by atoms with Crippen molar-refractivity contribution in [1.29, 1.82) is 0 Å². The van der Waals surface area contributed by atoms with Crippen molar-refractivity contribution in [2.75, 3.05) is 0 Å². The van der Waals surface area contributed by atoms with Crippen molar-refractivity contribution in [3.8, 4) is 0 Å². The molecular weight excluding hydrogens is 172 g/mol. The maximum Gasteiger partial charge on any atom is 0.0867 e. The Morgan fingerprint density at radius 1 is 1.42 bits per heavy atom. The van der Waals surface area contributed by atoms with Crippen molar-refractivity contribution >= 4 is 22.5 Å². The predicted octanol–water partition coefficient (Wildman–Crippen LogP) is 2.54. The van der Waals surface area contributed by atoms with Crippen molar-refractivity contribution in [1.82, 2.24) is 9.78 Å². The summed E-state index contributed by atoms with van der Waals surface area (Å²) < 4.78 is 1.80. The number of halogens is 1. The smallest absolute Gasteiger partial charge is 0.0867 e. The van der Waals surface area contributed by atoms with Crippen LogP contribution in [0.15, 0.2) is 18.3 Å². The first-order chi connectivity index (χ1) is 5.70. The number of nitrogens with zero attached hydrogens (tertiary/aromatic N) is 2. The highest BCUT2D eigenvalue weighted by atomic mass is 35.5. The summed E-state index contributed by atoms with van der Waals surface area (Å²) in [7, 11) is 1.90. The summed E-state index contributed by atoms with van der Waals surface area (Å²) >= 11 is 6.01. The van der Waals surface area contributed by atoms with Gasteiger partial charge in [0.2, 0.25) is 0 Å². The van der Waals surface area contributed by atoms with Crippen LogP contribution in [0.25, 0.3) is 10.9 Å². The number of hydrogen-bond acceptors (Lipinski definition) is 1. The predicted molar refractivity (Wildman–Crippen MR) is 50.5 cm³/mol. The molecule has 0 amide bonds. The molecule has 0 bridgehead atoms. The van der Waals surface area contributed by atoms with Gasteiger partial charge in [0.25, 0.3) is 0 Å². The van der Waals surface area contributed by atoms with Crippen LogP contribution in [0.5, 0.6) is 0 Å². The number of hydrogen-bond donors (Lipinski definition) is 0. The summed E-state index contributed by atoms with van der Waals surface area (Å²) in [4.78, 5) is 0. The molecule has 2 aromatic rings. The van der Waals surface area contributed by atoms with Crippen LogP contribution in [0.1, 0.15) is 5.56 Å². The molecular formula is C9H9ClN2. The van der Waals surface area contributed by atoms with Gasteiger partial charge in [0.05, 0.1) is 16.7 Å². The highest BCUT2D eigenvalue weighted by molar-refractivity contribution is 6.35. The Hall–Kier alpha value is -1.02. The third-order valence-electron chi connectivity index (χ3n) is 2.07. The molecule has 0 atom stereocenters. The Balaban J connectivity index is 2.98. The number of aryl methyl sites for hydroxylation is 2. The standard InChI is InChI=1S/C9H9ClN2/c1-6-3-4-8(10)9-7(6)5-11-12(9)2/h3-5H,1-2H3. The molecule has 1 aromatic heterocycles. The number of benzene rings is 1. The monoisotopic (exact) mass is 180 g/mol. The van der Waals surface area contributed by atoms with Crippen molar-refractivity contribution in [2.45, 2.75) is 6.92 Å². The normalized spacial score (nSPS) is 10.9. The van der Waals surface area contributed by atoms with Crippen LogP contribution in [0, 0.1) is 6.92 Å². The fraction of sp³-hybridized carbons (Fsp3) is 0.222. The van der Waals surface area contributed by atoms with E-state index in [0.717, 1.165) is 15.9 Å². The van der Waals surface area contributed by atoms with E-state index in [1.165, 1.54) is 5.56 Å². The van der Waals surface area contributed by atoms with E-state index in [-0.39, 0.29) is 0 Å². The van der Waals surface area contributed by atoms with Crippen LogP contribution in [0.2, 0.25) is 5.02 Å². The van der Waals surface area contributed by atoms with Gasteiger partial charge in [0.1, 0.15) is 0 Å². The van der Waals surface area contributed by atoms with E-state index in [4.69, 9.17) is 11.6 Å². The van der Waals surface area contributed by atoms with Gasteiger partial charge < -0.3 is 0 Å². The third kappa shape index (κ3) is 0.916. The van der Waals surface area contributed by atoms with Crippen LogP contribution in [-0.2, 0) is 7.05 Å². The number of fused-ring (bicyclic) bond motifs is 1. The van der Waals surface area contributed by atoms with Crippen LogP contribution >= 0.6 is 11.6 Å². The topological polar surface area (TPSA) is 17.8 Å². The molecule has 0 saturated carbocycles. The van der Waals surface area contributed by atoms with Crippen LogP contribution < -0.4 is 0 Å². The first kappa shape index (κ1) is 7.62. The lowest BCUT2D eigenvalue weighted by Gasteiger charge is -1.99. The average Bonchev–Trinajstić information content (AvgIpc) is 2.42. The molecule has 0 unspecified atom stereocenters. The average molecular weight is 181 g/mol.